The van der Waals surface area contributed by atoms with E-state index in [1.807, 2.05) is 24.3 Å². The lowest BCUT2D eigenvalue weighted by molar-refractivity contribution is -0.138. The lowest BCUT2D eigenvalue weighted by atomic mass is 10.0. The van der Waals surface area contributed by atoms with Crippen LogP contribution in [0, 0.1) is 0 Å². The van der Waals surface area contributed by atoms with Gasteiger partial charge >= 0.3 is 5.97 Å². The molecule has 1 aliphatic rings. The summed E-state index contributed by atoms with van der Waals surface area (Å²) in [5, 5.41) is 9.39. The fraction of sp³-hybridized carbons (Fsp3) is 0.278. The fourth-order valence-corrected chi connectivity index (χ4v) is 2.95. The number of rotatable bonds is 4. The number of carboxylic acids is 1. The standard InChI is InChI=1S/C18H19NO2/c1-2-13-7-9-14(10-8-13)11-19-12-16(18(20)21)15-5-3-4-6-17(15)19/h3-10,16H,2,11-12H2,1H3,(H,20,21). The van der Waals surface area contributed by atoms with Crippen molar-refractivity contribution in [2.24, 2.45) is 0 Å². The van der Waals surface area contributed by atoms with E-state index in [1.54, 1.807) is 0 Å². The third-order valence-electron chi connectivity index (χ3n) is 4.16. The van der Waals surface area contributed by atoms with Gasteiger partial charge < -0.3 is 10.0 Å². The Morgan fingerprint density at radius 1 is 1.14 bits per heavy atom. The Bertz CT molecular complexity index is 649. The summed E-state index contributed by atoms with van der Waals surface area (Å²) in [5.74, 6) is -1.16. The summed E-state index contributed by atoms with van der Waals surface area (Å²) in [7, 11) is 0. The quantitative estimate of drug-likeness (QED) is 0.933. The Hall–Kier alpha value is -2.29. The Morgan fingerprint density at radius 2 is 1.81 bits per heavy atom. The van der Waals surface area contributed by atoms with Crippen molar-refractivity contribution in [2.75, 3.05) is 11.4 Å². The normalized spacial score (nSPS) is 16.8. The minimum atomic E-state index is -0.744. The highest BCUT2D eigenvalue weighted by Gasteiger charge is 2.32. The number of carboxylic acid groups (broad SMARTS) is 1. The third kappa shape index (κ3) is 2.64. The molecule has 2 aromatic carbocycles. The summed E-state index contributed by atoms with van der Waals surface area (Å²) in [4.78, 5) is 13.6. The summed E-state index contributed by atoms with van der Waals surface area (Å²) in [6.07, 6.45) is 1.04. The smallest absolute Gasteiger partial charge is 0.312 e. The topological polar surface area (TPSA) is 40.5 Å². The zero-order chi connectivity index (χ0) is 14.8. The van der Waals surface area contributed by atoms with Crippen molar-refractivity contribution in [1.82, 2.24) is 0 Å². The number of carbonyl (C=O) groups is 1. The molecule has 1 aliphatic heterocycles. The number of hydrogen-bond acceptors (Lipinski definition) is 2. The maximum Gasteiger partial charge on any atom is 0.312 e. The van der Waals surface area contributed by atoms with Crippen molar-refractivity contribution in [1.29, 1.82) is 0 Å². The van der Waals surface area contributed by atoms with Crippen LogP contribution in [-0.2, 0) is 17.8 Å². The van der Waals surface area contributed by atoms with Crippen molar-refractivity contribution in [3.63, 3.8) is 0 Å². The molecule has 0 radical (unpaired) electrons. The zero-order valence-corrected chi connectivity index (χ0v) is 12.1. The molecule has 0 aliphatic carbocycles. The van der Waals surface area contributed by atoms with Crippen LogP contribution >= 0.6 is 0 Å². The van der Waals surface area contributed by atoms with Crippen LogP contribution in [0.25, 0.3) is 0 Å². The van der Waals surface area contributed by atoms with Crippen molar-refractivity contribution in [2.45, 2.75) is 25.8 Å². The van der Waals surface area contributed by atoms with E-state index >= 15 is 0 Å². The SMILES string of the molecule is CCc1ccc(CN2CC(C(=O)O)c3ccccc32)cc1. The molecule has 108 valence electrons. The number of fused-ring (bicyclic) bond motifs is 1. The summed E-state index contributed by atoms with van der Waals surface area (Å²) < 4.78 is 0. The van der Waals surface area contributed by atoms with Crippen molar-refractivity contribution >= 4 is 11.7 Å². The molecular formula is C18H19NO2. The lowest BCUT2D eigenvalue weighted by Gasteiger charge is -2.19. The molecule has 0 fully saturated rings. The van der Waals surface area contributed by atoms with Crippen LogP contribution in [0.5, 0.6) is 0 Å². The van der Waals surface area contributed by atoms with Gasteiger partial charge in [0.25, 0.3) is 0 Å². The van der Waals surface area contributed by atoms with E-state index in [2.05, 4.69) is 36.1 Å². The van der Waals surface area contributed by atoms with Gasteiger partial charge in [-0.05, 0) is 29.2 Å². The molecule has 3 rings (SSSR count). The van der Waals surface area contributed by atoms with Gasteiger partial charge in [0.1, 0.15) is 5.92 Å². The number of anilines is 1. The van der Waals surface area contributed by atoms with Crippen molar-refractivity contribution < 1.29 is 9.90 Å². The molecule has 1 heterocycles. The maximum absolute atomic E-state index is 11.4. The molecule has 3 heteroatoms. The van der Waals surface area contributed by atoms with Gasteiger partial charge in [-0.25, -0.2) is 0 Å². The van der Waals surface area contributed by atoms with Crippen molar-refractivity contribution in [3.8, 4) is 0 Å². The van der Waals surface area contributed by atoms with Gasteiger partial charge in [0.15, 0.2) is 0 Å². The maximum atomic E-state index is 11.4. The van der Waals surface area contributed by atoms with Crippen LogP contribution in [0.2, 0.25) is 0 Å². The number of benzene rings is 2. The highest BCUT2D eigenvalue weighted by Crippen LogP contribution is 2.37. The lowest BCUT2D eigenvalue weighted by Crippen LogP contribution is -2.24. The van der Waals surface area contributed by atoms with Gasteiger partial charge in [-0.1, -0.05) is 49.4 Å². The van der Waals surface area contributed by atoms with Gasteiger partial charge in [-0.2, -0.15) is 0 Å². The first-order valence-electron chi connectivity index (χ1n) is 7.33. The van der Waals surface area contributed by atoms with Gasteiger partial charge in [-0.15, -0.1) is 0 Å². The number of para-hydroxylation sites is 1. The molecule has 2 aromatic rings. The predicted octanol–water partition coefficient (Wildman–Crippen LogP) is 3.44. The van der Waals surface area contributed by atoms with Crippen molar-refractivity contribution in [3.05, 3.63) is 65.2 Å². The van der Waals surface area contributed by atoms with Crippen LogP contribution in [0.4, 0.5) is 5.69 Å². The number of aliphatic carboxylic acids is 1. The first kappa shape index (κ1) is 13.7. The van der Waals surface area contributed by atoms with Crippen LogP contribution in [0.1, 0.15) is 29.5 Å². The Balaban J connectivity index is 1.84. The van der Waals surface area contributed by atoms with E-state index in [9.17, 15) is 9.90 Å². The summed E-state index contributed by atoms with van der Waals surface area (Å²) in [6.45, 7) is 3.44. The van der Waals surface area contributed by atoms with E-state index in [4.69, 9.17) is 0 Å². The van der Waals surface area contributed by atoms with Crippen LogP contribution in [0.15, 0.2) is 48.5 Å². The first-order chi connectivity index (χ1) is 10.2. The highest BCUT2D eigenvalue weighted by atomic mass is 16.4. The number of nitrogens with zero attached hydrogens (tertiary/aromatic N) is 1. The monoisotopic (exact) mass is 281 g/mol. The molecule has 0 bridgehead atoms. The van der Waals surface area contributed by atoms with Crippen LogP contribution in [0.3, 0.4) is 0 Å². The fourth-order valence-electron chi connectivity index (χ4n) is 2.95. The molecule has 1 atom stereocenters. The van der Waals surface area contributed by atoms with Gasteiger partial charge in [0.05, 0.1) is 0 Å². The minimum Gasteiger partial charge on any atom is -0.481 e. The average molecular weight is 281 g/mol. The summed E-state index contributed by atoms with van der Waals surface area (Å²) in [6, 6.07) is 16.4. The molecule has 1 N–H and O–H groups in total. The van der Waals surface area contributed by atoms with E-state index in [1.165, 1.54) is 11.1 Å². The molecular weight excluding hydrogens is 262 g/mol. The number of aryl methyl sites for hydroxylation is 1. The molecule has 0 saturated heterocycles. The zero-order valence-electron chi connectivity index (χ0n) is 12.1. The van der Waals surface area contributed by atoms with Crippen LogP contribution in [-0.4, -0.2) is 17.6 Å². The number of hydrogen-bond donors (Lipinski definition) is 1. The molecule has 0 amide bonds. The van der Waals surface area contributed by atoms with E-state index < -0.39 is 11.9 Å². The Kier molecular flexibility index (Phi) is 3.65. The van der Waals surface area contributed by atoms with E-state index in [-0.39, 0.29) is 0 Å². The second-order valence-corrected chi connectivity index (χ2v) is 5.50. The van der Waals surface area contributed by atoms with E-state index in [0.29, 0.717) is 6.54 Å². The predicted molar refractivity (Wildman–Crippen MR) is 83.7 cm³/mol. The Labute approximate surface area is 124 Å². The molecule has 0 saturated carbocycles. The molecule has 0 aromatic heterocycles. The average Bonchev–Trinajstić information content (AvgIpc) is 2.87. The van der Waals surface area contributed by atoms with Gasteiger partial charge in [0, 0.05) is 18.8 Å². The van der Waals surface area contributed by atoms with Gasteiger partial charge in [0.2, 0.25) is 0 Å². The molecule has 1 unspecified atom stereocenters. The summed E-state index contributed by atoms with van der Waals surface area (Å²) >= 11 is 0. The second kappa shape index (κ2) is 5.60. The van der Waals surface area contributed by atoms with Gasteiger partial charge in [-0.3, -0.25) is 4.79 Å². The summed E-state index contributed by atoms with van der Waals surface area (Å²) in [5.41, 5.74) is 4.51. The molecule has 3 nitrogen and oxygen atoms in total. The molecule has 0 spiro atoms. The third-order valence-corrected chi connectivity index (χ3v) is 4.16. The minimum absolute atomic E-state index is 0.420. The first-order valence-corrected chi connectivity index (χ1v) is 7.33. The van der Waals surface area contributed by atoms with Crippen LogP contribution < -0.4 is 4.90 Å². The highest BCUT2D eigenvalue weighted by molar-refractivity contribution is 5.82. The molecule has 21 heavy (non-hydrogen) atoms. The largest absolute Gasteiger partial charge is 0.481 e. The second-order valence-electron chi connectivity index (χ2n) is 5.50. The Morgan fingerprint density at radius 3 is 2.48 bits per heavy atom. The van der Waals surface area contributed by atoms with E-state index in [0.717, 1.165) is 24.2 Å².